The lowest BCUT2D eigenvalue weighted by Gasteiger charge is -2.22. The Balaban J connectivity index is 1.63. The van der Waals surface area contributed by atoms with Gasteiger partial charge in [0, 0.05) is 10.8 Å². The van der Waals surface area contributed by atoms with Crippen molar-refractivity contribution in [1.29, 1.82) is 0 Å². The Morgan fingerprint density at radius 3 is 2.00 bits per heavy atom. The van der Waals surface area contributed by atoms with Gasteiger partial charge in [-0.2, -0.15) is 4.98 Å². The van der Waals surface area contributed by atoms with E-state index >= 15 is 0 Å². The summed E-state index contributed by atoms with van der Waals surface area (Å²) in [4.78, 5) is 4.28. The number of benzene rings is 4. The van der Waals surface area contributed by atoms with Crippen LogP contribution in [-0.2, 0) is 5.41 Å². The summed E-state index contributed by atoms with van der Waals surface area (Å²) in [6.45, 7) is 6.19. The lowest BCUT2D eigenvalue weighted by atomic mass is 9.85. The van der Waals surface area contributed by atoms with E-state index < -0.39 is 11.6 Å². The van der Waals surface area contributed by atoms with Crippen molar-refractivity contribution >= 4 is 21.8 Å². The summed E-state index contributed by atoms with van der Waals surface area (Å²) >= 11 is 0. The molecule has 184 valence electrons. The molecule has 6 aromatic rings. The van der Waals surface area contributed by atoms with Gasteiger partial charge in [-0.05, 0) is 47.4 Å². The zero-order valence-electron chi connectivity index (χ0n) is 20.5. The molecular weight excluding hydrogens is 472 g/mol. The predicted octanol–water partition coefficient (Wildman–Crippen LogP) is 7.78. The normalized spacial score (nSPS) is 12.0. The van der Waals surface area contributed by atoms with Crippen LogP contribution in [0.1, 0.15) is 26.3 Å². The minimum Gasteiger partial charge on any atom is -0.505 e. The average molecular weight is 496 g/mol. The zero-order chi connectivity index (χ0) is 25.9. The lowest BCUT2D eigenvalue weighted by Crippen LogP contribution is -2.12. The Bertz CT molecular complexity index is 1740. The van der Waals surface area contributed by atoms with Crippen LogP contribution in [0, 0.1) is 11.6 Å². The molecule has 0 atom stereocenters. The number of hydrogen-bond acceptors (Lipinski definition) is 4. The largest absolute Gasteiger partial charge is 0.505 e. The second kappa shape index (κ2) is 8.27. The third-order valence-electron chi connectivity index (χ3n) is 6.62. The molecule has 0 radical (unpaired) electrons. The third-order valence-corrected chi connectivity index (χ3v) is 6.62. The summed E-state index contributed by atoms with van der Waals surface area (Å²) in [6.07, 6.45) is 0. The van der Waals surface area contributed by atoms with E-state index in [0.717, 1.165) is 39.5 Å². The Labute approximate surface area is 211 Å². The van der Waals surface area contributed by atoms with Gasteiger partial charge in [-0.3, -0.25) is 0 Å². The maximum atomic E-state index is 14.4. The molecule has 5 nitrogen and oxygen atoms in total. The Morgan fingerprint density at radius 1 is 0.811 bits per heavy atom. The van der Waals surface area contributed by atoms with Gasteiger partial charge in [-0.25, -0.2) is 8.78 Å². The first-order valence-corrected chi connectivity index (χ1v) is 11.9. The highest BCUT2D eigenvalue weighted by Crippen LogP contribution is 2.42. The minimum absolute atomic E-state index is 0.0386. The van der Waals surface area contributed by atoms with Crippen LogP contribution in [0.25, 0.3) is 50.3 Å². The number of hydrogen-bond donors (Lipinski definition) is 1. The lowest BCUT2D eigenvalue weighted by molar-refractivity contribution is 0.424. The molecule has 2 heterocycles. The fourth-order valence-corrected chi connectivity index (χ4v) is 4.71. The number of para-hydroxylation sites is 2. The predicted molar refractivity (Wildman–Crippen MR) is 140 cm³/mol. The van der Waals surface area contributed by atoms with E-state index in [4.69, 9.17) is 4.52 Å². The van der Waals surface area contributed by atoms with Crippen molar-refractivity contribution in [1.82, 2.24) is 14.7 Å². The molecule has 7 heteroatoms. The summed E-state index contributed by atoms with van der Waals surface area (Å²) in [5.74, 6) is -1.95. The van der Waals surface area contributed by atoms with Crippen molar-refractivity contribution in [2.45, 2.75) is 26.2 Å². The van der Waals surface area contributed by atoms with Gasteiger partial charge >= 0.3 is 0 Å². The molecule has 0 saturated heterocycles. The Morgan fingerprint density at radius 2 is 1.41 bits per heavy atom. The van der Waals surface area contributed by atoms with E-state index in [9.17, 15) is 13.9 Å². The maximum Gasteiger partial charge on any atom is 0.262 e. The maximum absolute atomic E-state index is 14.4. The average Bonchev–Trinajstić information content (AvgIpc) is 3.47. The fraction of sp³-hybridized carbons (Fsp3) is 0.133. The van der Waals surface area contributed by atoms with Crippen molar-refractivity contribution < 1.29 is 18.4 Å². The summed E-state index contributed by atoms with van der Waals surface area (Å²) in [5, 5.41) is 17.5. The van der Waals surface area contributed by atoms with E-state index in [1.165, 1.54) is 6.07 Å². The molecule has 4 aromatic carbocycles. The van der Waals surface area contributed by atoms with Crippen molar-refractivity contribution in [3.63, 3.8) is 0 Å². The van der Waals surface area contributed by atoms with E-state index in [2.05, 4.69) is 30.9 Å². The number of nitrogens with zero attached hydrogens (tertiary/aromatic N) is 3. The van der Waals surface area contributed by atoms with E-state index in [0.29, 0.717) is 5.69 Å². The van der Waals surface area contributed by atoms with Crippen LogP contribution < -0.4 is 0 Å². The summed E-state index contributed by atoms with van der Waals surface area (Å²) in [6, 6.07) is 23.2. The molecule has 6 rings (SSSR count). The number of fused-ring (bicyclic) bond motifs is 3. The molecule has 1 N–H and O–H groups in total. The van der Waals surface area contributed by atoms with Crippen molar-refractivity contribution in [3.8, 4) is 34.3 Å². The molecule has 0 spiro atoms. The molecule has 37 heavy (non-hydrogen) atoms. The van der Waals surface area contributed by atoms with Gasteiger partial charge < -0.3 is 14.2 Å². The van der Waals surface area contributed by atoms with E-state index in [1.54, 1.807) is 6.07 Å². The number of aromatic nitrogens is 3. The van der Waals surface area contributed by atoms with Crippen LogP contribution in [0.4, 0.5) is 8.78 Å². The van der Waals surface area contributed by atoms with Crippen molar-refractivity contribution in [2.75, 3.05) is 0 Å². The first kappa shape index (κ1) is 22.9. The van der Waals surface area contributed by atoms with Crippen molar-refractivity contribution in [2.24, 2.45) is 0 Å². The van der Waals surface area contributed by atoms with Crippen LogP contribution in [0.5, 0.6) is 5.75 Å². The molecule has 0 aliphatic rings. The Kier molecular flexibility index (Phi) is 5.12. The van der Waals surface area contributed by atoms with Crippen LogP contribution in [-0.4, -0.2) is 19.8 Å². The summed E-state index contributed by atoms with van der Waals surface area (Å²) in [5.41, 5.74) is 2.90. The molecule has 0 fully saturated rings. The van der Waals surface area contributed by atoms with Crippen LogP contribution >= 0.6 is 0 Å². The Hall–Kier alpha value is -4.52. The SMILES string of the molecule is CC(C)(C)c1cc(-c2nc(-c3c(F)cccc3F)no2)c(O)c(-n2c3ccccc3c3ccccc32)c1. The highest BCUT2D eigenvalue weighted by Gasteiger charge is 2.26. The third kappa shape index (κ3) is 3.66. The highest BCUT2D eigenvalue weighted by molar-refractivity contribution is 6.09. The topological polar surface area (TPSA) is 64.1 Å². The van der Waals surface area contributed by atoms with Crippen LogP contribution in [0.2, 0.25) is 0 Å². The summed E-state index contributed by atoms with van der Waals surface area (Å²) < 4.78 is 36.2. The molecule has 2 aromatic heterocycles. The zero-order valence-corrected chi connectivity index (χ0v) is 20.5. The second-order valence-electron chi connectivity index (χ2n) is 10.0. The van der Waals surface area contributed by atoms with Gasteiger partial charge in [0.15, 0.2) is 5.75 Å². The fourth-order valence-electron chi connectivity index (χ4n) is 4.71. The van der Waals surface area contributed by atoms with Gasteiger partial charge in [0.2, 0.25) is 5.82 Å². The first-order valence-electron chi connectivity index (χ1n) is 11.9. The van der Waals surface area contributed by atoms with Crippen molar-refractivity contribution in [3.05, 3.63) is 96.1 Å². The number of halogens is 2. The molecule has 0 bridgehead atoms. The van der Waals surface area contributed by atoms with E-state index in [-0.39, 0.29) is 34.0 Å². The molecule has 0 aliphatic heterocycles. The smallest absolute Gasteiger partial charge is 0.262 e. The summed E-state index contributed by atoms with van der Waals surface area (Å²) in [7, 11) is 0. The van der Waals surface area contributed by atoms with E-state index in [1.807, 2.05) is 59.2 Å². The van der Waals surface area contributed by atoms with Gasteiger partial charge in [0.05, 0.1) is 27.8 Å². The number of rotatable bonds is 3. The van der Waals surface area contributed by atoms with Gasteiger partial charge in [0.1, 0.15) is 11.6 Å². The standard InChI is InChI=1S/C30H23F2N3O2/c1-30(2,3)17-15-20(29-33-28(34-37-29)26-21(31)11-8-12-22(26)32)27(36)25(16-17)35-23-13-6-4-9-18(23)19-10-5-7-14-24(19)35/h4-16,36H,1-3H3. The second-order valence-corrected chi connectivity index (χ2v) is 10.0. The van der Waals surface area contributed by atoms with Gasteiger partial charge in [0.25, 0.3) is 5.89 Å². The highest BCUT2D eigenvalue weighted by atomic mass is 19.1. The molecule has 0 unspecified atom stereocenters. The van der Waals surface area contributed by atoms with Gasteiger partial charge in [-0.1, -0.05) is 68.4 Å². The monoisotopic (exact) mass is 495 g/mol. The quantitative estimate of drug-likeness (QED) is 0.272. The minimum atomic E-state index is -0.800. The van der Waals surface area contributed by atoms with Crippen LogP contribution in [0.15, 0.2) is 83.4 Å². The first-order chi connectivity index (χ1) is 17.7. The number of phenolic OH excluding ortho intramolecular Hbond substituents is 1. The molecule has 0 saturated carbocycles. The number of phenols is 1. The van der Waals surface area contributed by atoms with Crippen LogP contribution in [0.3, 0.4) is 0 Å². The van der Waals surface area contributed by atoms with Gasteiger partial charge in [-0.15, -0.1) is 0 Å². The molecule has 0 amide bonds. The number of aromatic hydroxyl groups is 1. The molecular formula is C30H23F2N3O2. The molecule has 0 aliphatic carbocycles.